The molecule has 1 heterocycles. The van der Waals surface area contributed by atoms with Crippen LogP contribution in [0, 0.1) is 0 Å². The zero-order chi connectivity index (χ0) is 17.7. The molecule has 24 heavy (non-hydrogen) atoms. The number of benzene rings is 2. The molecule has 3 rings (SSSR count). The molecule has 0 saturated heterocycles. The van der Waals surface area contributed by atoms with Crippen molar-refractivity contribution < 1.29 is 31.1 Å². The van der Waals surface area contributed by atoms with Crippen LogP contribution in [0.15, 0.2) is 36.4 Å². The summed E-state index contributed by atoms with van der Waals surface area (Å²) in [6, 6.07) is 5.96. The number of ether oxygens (including phenoxy) is 1. The van der Waals surface area contributed by atoms with E-state index in [4.69, 9.17) is 4.74 Å². The van der Waals surface area contributed by atoms with E-state index in [2.05, 4.69) is 0 Å². The van der Waals surface area contributed by atoms with Gasteiger partial charge in [0.25, 0.3) is 0 Å². The van der Waals surface area contributed by atoms with Crippen LogP contribution < -0.4 is 4.74 Å². The SMILES string of the molecule is CC1Cc2cc(C(F)(F)F)cc(-c3ccc(C(F)(F)F)cc3)c2O1. The average molecular weight is 346 g/mol. The van der Waals surface area contributed by atoms with Gasteiger partial charge in [0.1, 0.15) is 11.9 Å². The van der Waals surface area contributed by atoms with Crippen LogP contribution in [0.4, 0.5) is 26.3 Å². The summed E-state index contributed by atoms with van der Waals surface area (Å²) in [6.07, 6.45) is -9.00. The van der Waals surface area contributed by atoms with E-state index >= 15 is 0 Å². The van der Waals surface area contributed by atoms with Crippen molar-refractivity contribution in [3.05, 3.63) is 53.1 Å². The predicted molar refractivity (Wildman–Crippen MR) is 75.7 cm³/mol. The van der Waals surface area contributed by atoms with E-state index in [1.165, 1.54) is 0 Å². The van der Waals surface area contributed by atoms with Crippen molar-refractivity contribution in [2.24, 2.45) is 0 Å². The Balaban J connectivity index is 2.12. The summed E-state index contributed by atoms with van der Waals surface area (Å²) in [7, 11) is 0. The Kier molecular flexibility index (Phi) is 3.77. The number of fused-ring (bicyclic) bond motifs is 1. The van der Waals surface area contributed by atoms with Crippen molar-refractivity contribution in [3.63, 3.8) is 0 Å². The van der Waals surface area contributed by atoms with Crippen LogP contribution in [0.3, 0.4) is 0 Å². The predicted octanol–water partition coefficient (Wildman–Crippen LogP) is 5.71. The van der Waals surface area contributed by atoms with Gasteiger partial charge in [-0.1, -0.05) is 12.1 Å². The second-order valence-corrected chi connectivity index (χ2v) is 5.72. The van der Waals surface area contributed by atoms with Crippen molar-refractivity contribution in [1.29, 1.82) is 0 Å². The number of rotatable bonds is 1. The Morgan fingerprint density at radius 2 is 1.46 bits per heavy atom. The van der Waals surface area contributed by atoms with Crippen LogP contribution in [0.5, 0.6) is 5.75 Å². The van der Waals surface area contributed by atoms with Crippen molar-refractivity contribution in [3.8, 4) is 16.9 Å². The summed E-state index contributed by atoms with van der Waals surface area (Å²) in [6.45, 7) is 1.73. The molecule has 2 aromatic carbocycles. The molecule has 0 spiro atoms. The molecule has 0 aromatic heterocycles. The van der Waals surface area contributed by atoms with Crippen LogP contribution in [-0.4, -0.2) is 6.10 Å². The van der Waals surface area contributed by atoms with E-state index in [0.717, 1.165) is 36.4 Å². The molecule has 2 aromatic rings. The number of alkyl halides is 6. The lowest BCUT2D eigenvalue weighted by molar-refractivity contribution is -0.138. The molecule has 0 aliphatic carbocycles. The molecule has 1 unspecified atom stereocenters. The van der Waals surface area contributed by atoms with Crippen LogP contribution in [0.25, 0.3) is 11.1 Å². The second kappa shape index (κ2) is 5.43. The molecule has 1 aliphatic rings. The number of hydrogen-bond donors (Lipinski definition) is 0. The van der Waals surface area contributed by atoms with Gasteiger partial charge < -0.3 is 4.74 Å². The summed E-state index contributed by atoms with van der Waals surface area (Å²) < 4.78 is 82.7. The lowest BCUT2D eigenvalue weighted by Gasteiger charge is -2.14. The first-order valence-corrected chi connectivity index (χ1v) is 7.14. The third-order valence-corrected chi connectivity index (χ3v) is 3.84. The fourth-order valence-electron chi connectivity index (χ4n) is 2.75. The Bertz CT molecular complexity index is 758. The van der Waals surface area contributed by atoms with Crippen molar-refractivity contribution in [1.82, 2.24) is 0 Å². The highest BCUT2D eigenvalue weighted by atomic mass is 19.4. The Morgan fingerprint density at radius 3 is 2.00 bits per heavy atom. The molecular formula is C17H12F6O. The van der Waals surface area contributed by atoms with Gasteiger partial charge in [-0.05, 0) is 42.3 Å². The zero-order valence-corrected chi connectivity index (χ0v) is 12.4. The van der Waals surface area contributed by atoms with Crippen molar-refractivity contribution in [2.75, 3.05) is 0 Å². The van der Waals surface area contributed by atoms with Gasteiger partial charge in [-0.3, -0.25) is 0 Å². The third kappa shape index (κ3) is 3.07. The lowest BCUT2D eigenvalue weighted by Crippen LogP contribution is -2.06. The molecule has 0 radical (unpaired) electrons. The van der Waals surface area contributed by atoms with E-state index < -0.39 is 23.5 Å². The highest BCUT2D eigenvalue weighted by Crippen LogP contribution is 2.44. The summed E-state index contributed by atoms with van der Waals surface area (Å²) in [5, 5.41) is 0. The van der Waals surface area contributed by atoms with Crippen LogP contribution in [0.2, 0.25) is 0 Å². The summed E-state index contributed by atoms with van der Waals surface area (Å²) >= 11 is 0. The van der Waals surface area contributed by atoms with E-state index in [1.807, 2.05) is 0 Å². The zero-order valence-electron chi connectivity index (χ0n) is 12.4. The summed E-state index contributed by atoms with van der Waals surface area (Å²) in [5.41, 5.74) is -0.887. The Hall–Kier alpha value is -2.18. The van der Waals surface area contributed by atoms with Gasteiger partial charge in [0.15, 0.2) is 0 Å². The molecule has 7 heteroatoms. The molecule has 128 valence electrons. The average Bonchev–Trinajstić information content (AvgIpc) is 2.84. The number of halogens is 6. The molecular weight excluding hydrogens is 334 g/mol. The van der Waals surface area contributed by atoms with Gasteiger partial charge in [0.2, 0.25) is 0 Å². The van der Waals surface area contributed by atoms with Crippen molar-refractivity contribution in [2.45, 2.75) is 31.8 Å². The van der Waals surface area contributed by atoms with Crippen molar-refractivity contribution >= 4 is 0 Å². The van der Waals surface area contributed by atoms with Gasteiger partial charge in [0, 0.05) is 12.0 Å². The molecule has 1 atom stereocenters. The molecule has 0 saturated carbocycles. The van der Waals surface area contributed by atoms with E-state index in [1.54, 1.807) is 6.92 Å². The maximum absolute atomic E-state index is 13.1. The van der Waals surface area contributed by atoms with E-state index in [0.29, 0.717) is 17.7 Å². The van der Waals surface area contributed by atoms with E-state index in [9.17, 15) is 26.3 Å². The van der Waals surface area contributed by atoms with Crippen LogP contribution >= 0.6 is 0 Å². The molecule has 0 fully saturated rings. The Labute approximate surface area is 133 Å². The largest absolute Gasteiger partial charge is 0.489 e. The topological polar surface area (TPSA) is 9.23 Å². The van der Waals surface area contributed by atoms with Gasteiger partial charge in [-0.2, -0.15) is 26.3 Å². The van der Waals surface area contributed by atoms with Gasteiger partial charge in [-0.25, -0.2) is 0 Å². The number of hydrogen-bond acceptors (Lipinski definition) is 1. The van der Waals surface area contributed by atoms with Gasteiger partial charge >= 0.3 is 12.4 Å². The molecule has 0 amide bonds. The molecule has 1 nitrogen and oxygen atoms in total. The lowest BCUT2D eigenvalue weighted by atomic mass is 9.96. The third-order valence-electron chi connectivity index (χ3n) is 3.84. The first-order valence-electron chi connectivity index (χ1n) is 7.14. The summed E-state index contributed by atoms with van der Waals surface area (Å²) in [5.74, 6) is 0.301. The molecule has 0 bridgehead atoms. The van der Waals surface area contributed by atoms with Crippen LogP contribution in [-0.2, 0) is 18.8 Å². The quantitative estimate of drug-likeness (QED) is 0.601. The second-order valence-electron chi connectivity index (χ2n) is 5.72. The maximum atomic E-state index is 13.1. The standard InChI is InChI=1S/C17H12F6O/c1-9-6-11-7-13(17(21,22)23)8-14(15(11)24-9)10-2-4-12(5-3-10)16(18,19)20/h2-5,7-9H,6H2,1H3. The van der Waals surface area contributed by atoms with Gasteiger partial charge in [0.05, 0.1) is 11.1 Å². The fraction of sp³-hybridized carbons (Fsp3) is 0.294. The summed E-state index contributed by atoms with van der Waals surface area (Å²) in [4.78, 5) is 0. The highest BCUT2D eigenvalue weighted by Gasteiger charge is 2.35. The highest BCUT2D eigenvalue weighted by molar-refractivity contribution is 5.74. The first kappa shape index (κ1) is 16.7. The van der Waals surface area contributed by atoms with Crippen LogP contribution in [0.1, 0.15) is 23.6 Å². The normalized spacial score (nSPS) is 17.5. The minimum atomic E-state index is -4.54. The van der Waals surface area contributed by atoms with Gasteiger partial charge in [-0.15, -0.1) is 0 Å². The van der Waals surface area contributed by atoms with E-state index in [-0.39, 0.29) is 17.2 Å². The minimum Gasteiger partial charge on any atom is -0.489 e. The smallest absolute Gasteiger partial charge is 0.416 e. The first-order chi connectivity index (χ1) is 11.1. The monoisotopic (exact) mass is 346 g/mol. The molecule has 1 aliphatic heterocycles. The minimum absolute atomic E-state index is 0.151. The fourth-order valence-corrected chi connectivity index (χ4v) is 2.75. The maximum Gasteiger partial charge on any atom is 0.416 e. The Morgan fingerprint density at radius 1 is 0.875 bits per heavy atom. The molecule has 0 N–H and O–H groups in total.